The molecular weight excluding hydrogens is 260 g/mol. The summed E-state index contributed by atoms with van der Waals surface area (Å²) in [5.74, 6) is 0.294. The minimum absolute atomic E-state index is 0.294. The van der Waals surface area contributed by atoms with Gasteiger partial charge >= 0.3 is 0 Å². The van der Waals surface area contributed by atoms with E-state index in [-0.39, 0.29) is 0 Å². The largest absolute Gasteiger partial charge is 0.361 e. The Bertz CT molecular complexity index is 669. The SMILES string of the molecule is CC1=CCCN(C(=O)CCCc2c[nH]c3ccccc23)C1. The molecule has 2 heterocycles. The van der Waals surface area contributed by atoms with Gasteiger partial charge in [-0.1, -0.05) is 29.8 Å². The van der Waals surface area contributed by atoms with Crippen molar-refractivity contribution in [1.29, 1.82) is 0 Å². The third-order valence-corrected chi connectivity index (χ3v) is 4.20. The zero-order valence-electron chi connectivity index (χ0n) is 12.6. The number of aryl methyl sites for hydroxylation is 1. The van der Waals surface area contributed by atoms with Gasteiger partial charge in [-0.25, -0.2) is 0 Å². The van der Waals surface area contributed by atoms with E-state index in [1.807, 2.05) is 11.0 Å². The zero-order valence-corrected chi connectivity index (χ0v) is 12.6. The second-order valence-corrected chi connectivity index (χ2v) is 5.87. The van der Waals surface area contributed by atoms with Gasteiger partial charge in [0.2, 0.25) is 5.91 Å². The fourth-order valence-corrected chi connectivity index (χ4v) is 3.05. The summed E-state index contributed by atoms with van der Waals surface area (Å²) in [5, 5.41) is 1.28. The van der Waals surface area contributed by atoms with Gasteiger partial charge in [0.15, 0.2) is 0 Å². The molecule has 1 aromatic carbocycles. The van der Waals surface area contributed by atoms with Crippen LogP contribution in [0.5, 0.6) is 0 Å². The Hall–Kier alpha value is -2.03. The lowest BCUT2D eigenvalue weighted by atomic mass is 10.1. The number of rotatable bonds is 4. The van der Waals surface area contributed by atoms with Gasteiger partial charge in [-0.15, -0.1) is 0 Å². The standard InChI is InChI=1S/C18H22N2O/c1-14-6-5-11-20(13-14)18(21)10-4-7-15-12-19-17-9-3-2-8-16(15)17/h2-3,6,8-9,12,19H,4-5,7,10-11,13H2,1H3. The van der Waals surface area contributed by atoms with Crippen LogP contribution in [0.4, 0.5) is 0 Å². The van der Waals surface area contributed by atoms with Crippen molar-refractivity contribution in [3.05, 3.63) is 47.7 Å². The highest BCUT2D eigenvalue weighted by Gasteiger charge is 2.16. The summed E-state index contributed by atoms with van der Waals surface area (Å²) < 4.78 is 0. The molecule has 1 aliphatic heterocycles. The fourth-order valence-electron chi connectivity index (χ4n) is 3.05. The Morgan fingerprint density at radius 1 is 1.33 bits per heavy atom. The van der Waals surface area contributed by atoms with Crippen molar-refractivity contribution in [2.45, 2.75) is 32.6 Å². The van der Waals surface area contributed by atoms with Crippen LogP contribution in [-0.2, 0) is 11.2 Å². The number of para-hydroxylation sites is 1. The van der Waals surface area contributed by atoms with Gasteiger partial charge in [0, 0.05) is 36.6 Å². The molecule has 0 saturated carbocycles. The van der Waals surface area contributed by atoms with Crippen molar-refractivity contribution in [3.8, 4) is 0 Å². The van der Waals surface area contributed by atoms with E-state index in [0.29, 0.717) is 12.3 Å². The molecule has 3 rings (SSSR count). The number of fused-ring (bicyclic) bond motifs is 1. The molecule has 0 bridgehead atoms. The number of carbonyl (C=O) groups excluding carboxylic acids is 1. The van der Waals surface area contributed by atoms with Crippen molar-refractivity contribution in [2.75, 3.05) is 13.1 Å². The molecule has 0 saturated heterocycles. The fraction of sp³-hybridized carbons (Fsp3) is 0.389. The minimum Gasteiger partial charge on any atom is -0.361 e. The molecule has 0 atom stereocenters. The number of nitrogens with zero attached hydrogens (tertiary/aromatic N) is 1. The smallest absolute Gasteiger partial charge is 0.222 e. The highest BCUT2D eigenvalue weighted by Crippen LogP contribution is 2.20. The van der Waals surface area contributed by atoms with Crippen LogP contribution in [0.15, 0.2) is 42.1 Å². The molecule has 110 valence electrons. The van der Waals surface area contributed by atoms with Gasteiger partial charge in [0.1, 0.15) is 0 Å². The zero-order chi connectivity index (χ0) is 14.7. The average molecular weight is 282 g/mol. The van der Waals surface area contributed by atoms with Crippen LogP contribution in [0.25, 0.3) is 10.9 Å². The van der Waals surface area contributed by atoms with E-state index >= 15 is 0 Å². The number of amides is 1. The van der Waals surface area contributed by atoms with Gasteiger partial charge in [-0.3, -0.25) is 4.79 Å². The van der Waals surface area contributed by atoms with Gasteiger partial charge in [-0.05, 0) is 37.8 Å². The summed E-state index contributed by atoms with van der Waals surface area (Å²) in [6.45, 7) is 3.79. The Labute approximate surface area is 125 Å². The monoisotopic (exact) mass is 282 g/mol. The predicted molar refractivity (Wildman–Crippen MR) is 86.2 cm³/mol. The van der Waals surface area contributed by atoms with E-state index in [0.717, 1.165) is 32.4 Å². The van der Waals surface area contributed by atoms with E-state index in [2.05, 4.69) is 42.4 Å². The van der Waals surface area contributed by atoms with Crippen LogP contribution in [-0.4, -0.2) is 28.9 Å². The number of aromatic amines is 1. The number of carbonyl (C=O) groups is 1. The molecule has 0 unspecified atom stereocenters. The lowest BCUT2D eigenvalue weighted by molar-refractivity contribution is -0.131. The first-order chi connectivity index (χ1) is 10.2. The molecule has 3 nitrogen and oxygen atoms in total. The molecule has 0 spiro atoms. The van der Waals surface area contributed by atoms with Gasteiger partial charge in [0.05, 0.1) is 0 Å². The molecule has 1 aliphatic rings. The van der Waals surface area contributed by atoms with Crippen LogP contribution in [0.2, 0.25) is 0 Å². The molecule has 1 amide bonds. The quantitative estimate of drug-likeness (QED) is 0.853. The van der Waals surface area contributed by atoms with Crippen LogP contribution in [0.1, 0.15) is 31.7 Å². The van der Waals surface area contributed by atoms with E-state index in [9.17, 15) is 4.79 Å². The Balaban J connectivity index is 1.54. The highest BCUT2D eigenvalue weighted by atomic mass is 16.2. The van der Waals surface area contributed by atoms with Crippen LogP contribution >= 0.6 is 0 Å². The van der Waals surface area contributed by atoms with Crippen molar-refractivity contribution in [2.24, 2.45) is 0 Å². The second-order valence-electron chi connectivity index (χ2n) is 5.87. The predicted octanol–water partition coefficient (Wildman–Crippen LogP) is 3.67. The van der Waals surface area contributed by atoms with Gasteiger partial charge in [-0.2, -0.15) is 0 Å². The van der Waals surface area contributed by atoms with Crippen molar-refractivity contribution >= 4 is 16.8 Å². The van der Waals surface area contributed by atoms with E-state index in [1.165, 1.54) is 22.0 Å². The third kappa shape index (κ3) is 3.18. The molecule has 1 aromatic heterocycles. The number of aromatic nitrogens is 1. The number of hydrogen-bond donors (Lipinski definition) is 1. The van der Waals surface area contributed by atoms with Gasteiger partial charge < -0.3 is 9.88 Å². The molecule has 3 heteroatoms. The topological polar surface area (TPSA) is 36.1 Å². The Morgan fingerprint density at radius 2 is 2.19 bits per heavy atom. The van der Waals surface area contributed by atoms with Gasteiger partial charge in [0.25, 0.3) is 0 Å². The maximum Gasteiger partial charge on any atom is 0.222 e. The lowest BCUT2D eigenvalue weighted by Gasteiger charge is -2.26. The molecule has 1 N–H and O–H groups in total. The minimum atomic E-state index is 0.294. The summed E-state index contributed by atoms with van der Waals surface area (Å²) in [6, 6.07) is 8.33. The van der Waals surface area contributed by atoms with E-state index < -0.39 is 0 Å². The van der Waals surface area contributed by atoms with Crippen LogP contribution < -0.4 is 0 Å². The normalized spacial score (nSPS) is 15.3. The molecule has 0 aliphatic carbocycles. The summed E-state index contributed by atoms with van der Waals surface area (Å²) in [4.78, 5) is 17.5. The molecule has 21 heavy (non-hydrogen) atoms. The summed E-state index contributed by atoms with van der Waals surface area (Å²) in [7, 11) is 0. The van der Waals surface area contributed by atoms with Crippen LogP contribution in [0, 0.1) is 0 Å². The first-order valence-electron chi connectivity index (χ1n) is 7.72. The molecule has 2 aromatic rings. The maximum atomic E-state index is 12.2. The van der Waals surface area contributed by atoms with Crippen molar-refractivity contribution < 1.29 is 4.79 Å². The number of hydrogen-bond acceptors (Lipinski definition) is 1. The van der Waals surface area contributed by atoms with Crippen molar-refractivity contribution in [1.82, 2.24) is 9.88 Å². The van der Waals surface area contributed by atoms with E-state index in [1.54, 1.807) is 0 Å². The second kappa shape index (κ2) is 6.17. The Kier molecular flexibility index (Phi) is 4.09. The first kappa shape index (κ1) is 13.9. The number of benzene rings is 1. The molecular formula is C18H22N2O. The average Bonchev–Trinajstić information content (AvgIpc) is 2.91. The van der Waals surface area contributed by atoms with Crippen molar-refractivity contribution in [3.63, 3.8) is 0 Å². The third-order valence-electron chi connectivity index (χ3n) is 4.20. The highest BCUT2D eigenvalue weighted by molar-refractivity contribution is 5.83. The number of nitrogens with one attached hydrogen (secondary N) is 1. The summed E-state index contributed by atoms with van der Waals surface area (Å²) >= 11 is 0. The maximum absolute atomic E-state index is 12.2. The number of H-pyrrole nitrogens is 1. The van der Waals surface area contributed by atoms with E-state index in [4.69, 9.17) is 0 Å². The summed E-state index contributed by atoms with van der Waals surface area (Å²) in [6.07, 6.45) is 7.82. The van der Waals surface area contributed by atoms with Crippen LogP contribution in [0.3, 0.4) is 0 Å². The first-order valence-corrected chi connectivity index (χ1v) is 7.72. The Morgan fingerprint density at radius 3 is 3.05 bits per heavy atom. The lowest BCUT2D eigenvalue weighted by Crippen LogP contribution is -2.35. The molecule has 0 fully saturated rings. The molecule has 0 radical (unpaired) electrons. The summed E-state index contributed by atoms with van der Waals surface area (Å²) in [5.41, 5.74) is 3.80.